The Morgan fingerprint density at radius 1 is 1.32 bits per heavy atom. The SMILES string of the molecule is COc1ccccc1-n1cc(C)n2ncc(C(=O)O)c2c1=O. The maximum atomic E-state index is 12.7. The van der Waals surface area contributed by atoms with Gasteiger partial charge in [0.15, 0.2) is 0 Å². The molecule has 0 radical (unpaired) electrons. The van der Waals surface area contributed by atoms with Crippen molar-refractivity contribution in [1.29, 1.82) is 0 Å². The molecule has 0 bridgehead atoms. The van der Waals surface area contributed by atoms with E-state index < -0.39 is 11.5 Å². The van der Waals surface area contributed by atoms with Gasteiger partial charge in [-0.1, -0.05) is 12.1 Å². The number of methoxy groups -OCH3 is 1. The molecule has 3 rings (SSSR count). The summed E-state index contributed by atoms with van der Waals surface area (Å²) >= 11 is 0. The number of fused-ring (bicyclic) bond motifs is 1. The van der Waals surface area contributed by atoms with Crippen LogP contribution in [0.3, 0.4) is 0 Å². The van der Waals surface area contributed by atoms with Gasteiger partial charge in [-0.25, -0.2) is 9.31 Å². The van der Waals surface area contributed by atoms with Gasteiger partial charge in [-0.05, 0) is 19.1 Å². The van der Waals surface area contributed by atoms with Crippen LogP contribution in [0.1, 0.15) is 16.1 Å². The van der Waals surface area contributed by atoms with Crippen LogP contribution in [-0.4, -0.2) is 32.4 Å². The summed E-state index contributed by atoms with van der Waals surface area (Å²) in [6, 6.07) is 7.03. The number of para-hydroxylation sites is 2. The number of hydrogen-bond acceptors (Lipinski definition) is 4. The zero-order valence-corrected chi connectivity index (χ0v) is 12.0. The topological polar surface area (TPSA) is 85.8 Å². The van der Waals surface area contributed by atoms with E-state index >= 15 is 0 Å². The van der Waals surface area contributed by atoms with Gasteiger partial charge < -0.3 is 9.84 Å². The Morgan fingerprint density at radius 3 is 2.73 bits per heavy atom. The number of carboxylic acids is 1. The van der Waals surface area contributed by atoms with Crippen LogP contribution in [0.2, 0.25) is 0 Å². The van der Waals surface area contributed by atoms with E-state index in [1.807, 2.05) is 0 Å². The molecule has 0 spiro atoms. The number of carboxylic acid groups (broad SMARTS) is 1. The first-order chi connectivity index (χ1) is 10.5. The third-order valence-electron chi connectivity index (χ3n) is 3.42. The number of aromatic carboxylic acids is 1. The Bertz CT molecular complexity index is 940. The van der Waals surface area contributed by atoms with E-state index in [1.54, 1.807) is 37.4 Å². The van der Waals surface area contributed by atoms with Crippen LogP contribution >= 0.6 is 0 Å². The van der Waals surface area contributed by atoms with Crippen molar-refractivity contribution in [2.75, 3.05) is 7.11 Å². The first-order valence-corrected chi connectivity index (χ1v) is 6.51. The lowest BCUT2D eigenvalue weighted by Crippen LogP contribution is -2.23. The Morgan fingerprint density at radius 2 is 2.05 bits per heavy atom. The molecule has 0 unspecified atom stereocenters. The van der Waals surface area contributed by atoms with Crippen molar-refractivity contribution in [1.82, 2.24) is 14.2 Å². The molecule has 3 aromatic rings. The third kappa shape index (κ3) is 1.95. The lowest BCUT2D eigenvalue weighted by Gasteiger charge is -2.12. The average Bonchev–Trinajstić information content (AvgIpc) is 2.97. The molecular formula is C15H13N3O4. The standard InChI is InChI=1S/C15H13N3O4/c1-9-8-17(11-5-3-4-6-12(11)22-2)14(19)13-10(15(20)21)7-16-18(9)13/h3-8H,1-2H3,(H,20,21). The number of carbonyl (C=O) groups is 1. The molecule has 2 heterocycles. The van der Waals surface area contributed by atoms with Gasteiger partial charge in [0.05, 0.1) is 24.7 Å². The summed E-state index contributed by atoms with van der Waals surface area (Å²) in [5, 5.41) is 13.2. The van der Waals surface area contributed by atoms with Crippen LogP contribution in [0.5, 0.6) is 5.75 Å². The fraction of sp³-hybridized carbons (Fsp3) is 0.133. The number of aryl methyl sites for hydroxylation is 1. The van der Waals surface area contributed by atoms with Gasteiger partial charge in [0.2, 0.25) is 0 Å². The Balaban J connectivity index is 2.41. The second-order valence-electron chi connectivity index (χ2n) is 4.74. The maximum Gasteiger partial charge on any atom is 0.339 e. The molecule has 2 aromatic heterocycles. The molecule has 112 valence electrons. The molecule has 0 saturated carbocycles. The molecular weight excluding hydrogens is 286 g/mol. The zero-order valence-electron chi connectivity index (χ0n) is 12.0. The van der Waals surface area contributed by atoms with Crippen LogP contribution < -0.4 is 10.3 Å². The van der Waals surface area contributed by atoms with Gasteiger partial charge in [0.25, 0.3) is 5.56 Å². The number of aromatic nitrogens is 3. The molecule has 0 aliphatic carbocycles. The number of nitrogens with zero attached hydrogens (tertiary/aromatic N) is 3. The summed E-state index contributed by atoms with van der Waals surface area (Å²) < 4.78 is 7.97. The van der Waals surface area contributed by atoms with Crippen LogP contribution in [0.25, 0.3) is 11.2 Å². The van der Waals surface area contributed by atoms with Crippen LogP contribution in [0, 0.1) is 6.92 Å². The van der Waals surface area contributed by atoms with Crippen molar-refractivity contribution >= 4 is 11.5 Å². The minimum atomic E-state index is -1.19. The van der Waals surface area contributed by atoms with Crippen molar-refractivity contribution in [2.45, 2.75) is 6.92 Å². The summed E-state index contributed by atoms with van der Waals surface area (Å²) in [6.45, 7) is 1.75. The van der Waals surface area contributed by atoms with Gasteiger partial charge in [0.1, 0.15) is 16.8 Å². The van der Waals surface area contributed by atoms with Gasteiger partial charge in [-0.3, -0.25) is 9.36 Å². The molecule has 22 heavy (non-hydrogen) atoms. The molecule has 7 nitrogen and oxygen atoms in total. The highest BCUT2D eigenvalue weighted by molar-refractivity contribution is 5.95. The minimum absolute atomic E-state index is 0.0263. The predicted molar refractivity (Wildman–Crippen MR) is 79.0 cm³/mol. The predicted octanol–water partition coefficient (Wildman–Crippen LogP) is 1.50. The van der Waals surface area contributed by atoms with E-state index in [4.69, 9.17) is 4.74 Å². The number of ether oxygens (including phenoxy) is 1. The molecule has 1 aromatic carbocycles. The van der Waals surface area contributed by atoms with Gasteiger partial charge in [-0.15, -0.1) is 0 Å². The second-order valence-corrected chi connectivity index (χ2v) is 4.74. The maximum absolute atomic E-state index is 12.7. The highest BCUT2D eigenvalue weighted by Gasteiger charge is 2.19. The van der Waals surface area contributed by atoms with E-state index in [0.717, 1.165) is 0 Å². The smallest absolute Gasteiger partial charge is 0.339 e. The van der Waals surface area contributed by atoms with E-state index in [1.165, 1.54) is 22.4 Å². The molecule has 0 fully saturated rings. The van der Waals surface area contributed by atoms with Crippen molar-refractivity contribution in [3.63, 3.8) is 0 Å². The van der Waals surface area contributed by atoms with Crippen molar-refractivity contribution in [3.8, 4) is 11.4 Å². The molecule has 0 amide bonds. The summed E-state index contributed by atoms with van der Waals surface area (Å²) in [5.41, 5.74) is 0.604. The fourth-order valence-corrected chi connectivity index (χ4v) is 2.40. The van der Waals surface area contributed by atoms with E-state index in [-0.39, 0.29) is 11.1 Å². The minimum Gasteiger partial charge on any atom is -0.495 e. The lowest BCUT2D eigenvalue weighted by molar-refractivity contribution is 0.0699. The molecule has 0 aliphatic rings. The third-order valence-corrected chi connectivity index (χ3v) is 3.42. The lowest BCUT2D eigenvalue weighted by atomic mass is 10.2. The van der Waals surface area contributed by atoms with Crippen LogP contribution in [-0.2, 0) is 0 Å². The summed E-state index contributed by atoms with van der Waals surface area (Å²) in [6.07, 6.45) is 2.78. The van der Waals surface area contributed by atoms with E-state index in [0.29, 0.717) is 17.1 Å². The van der Waals surface area contributed by atoms with Crippen molar-refractivity contribution in [2.24, 2.45) is 0 Å². The first-order valence-electron chi connectivity index (χ1n) is 6.51. The van der Waals surface area contributed by atoms with Gasteiger partial charge in [-0.2, -0.15) is 5.10 Å². The fourth-order valence-electron chi connectivity index (χ4n) is 2.40. The second kappa shape index (κ2) is 5.03. The molecule has 0 saturated heterocycles. The van der Waals surface area contributed by atoms with Crippen LogP contribution in [0.15, 0.2) is 41.5 Å². The molecule has 0 aliphatic heterocycles. The van der Waals surface area contributed by atoms with Crippen molar-refractivity contribution < 1.29 is 14.6 Å². The summed E-state index contributed by atoms with van der Waals surface area (Å²) in [7, 11) is 1.51. The van der Waals surface area contributed by atoms with Gasteiger partial charge in [0, 0.05) is 6.20 Å². The molecule has 1 N–H and O–H groups in total. The van der Waals surface area contributed by atoms with Gasteiger partial charge >= 0.3 is 5.97 Å². The Hall–Kier alpha value is -3.09. The Kier molecular flexibility index (Phi) is 3.17. The first kappa shape index (κ1) is 13.9. The number of benzene rings is 1. The summed E-state index contributed by atoms with van der Waals surface area (Å²) in [5.74, 6) is -0.672. The average molecular weight is 299 g/mol. The monoisotopic (exact) mass is 299 g/mol. The quantitative estimate of drug-likeness (QED) is 0.792. The number of rotatable bonds is 3. The normalized spacial score (nSPS) is 10.8. The zero-order chi connectivity index (χ0) is 15.9. The highest BCUT2D eigenvalue weighted by atomic mass is 16.5. The Labute approximate surface area is 125 Å². The summed E-state index contributed by atoms with van der Waals surface area (Å²) in [4.78, 5) is 24.0. The van der Waals surface area contributed by atoms with Crippen molar-refractivity contribution in [3.05, 3.63) is 58.3 Å². The number of hydrogen-bond donors (Lipinski definition) is 1. The largest absolute Gasteiger partial charge is 0.495 e. The van der Waals surface area contributed by atoms with E-state index in [9.17, 15) is 14.7 Å². The molecule has 0 atom stereocenters. The van der Waals surface area contributed by atoms with E-state index in [2.05, 4.69) is 5.10 Å². The highest BCUT2D eigenvalue weighted by Crippen LogP contribution is 2.21. The molecule has 7 heteroatoms. The van der Waals surface area contributed by atoms with Crippen LogP contribution in [0.4, 0.5) is 0 Å².